The van der Waals surface area contributed by atoms with Crippen molar-refractivity contribution in [3.8, 4) is 0 Å². The Labute approximate surface area is 72.0 Å². The van der Waals surface area contributed by atoms with Crippen LogP contribution in [-0.4, -0.2) is 30.8 Å². The van der Waals surface area contributed by atoms with Crippen molar-refractivity contribution >= 4 is 11.9 Å². The number of carboxylic acid groups (broad SMARTS) is 1. The topological polar surface area (TPSA) is 86.7 Å². The number of hydrogen-bond acceptors (Lipinski definition) is 5. The van der Waals surface area contributed by atoms with Crippen molar-refractivity contribution in [1.29, 1.82) is 0 Å². The van der Waals surface area contributed by atoms with Gasteiger partial charge in [-0.25, -0.2) is 0 Å². The van der Waals surface area contributed by atoms with E-state index in [4.69, 9.17) is 15.0 Å². The van der Waals surface area contributed by atoms with E-state index in [0.717, 1.165) is 14.0 Å². The SMILES string of the molecule is CC(=O)[O-].CCOC(C)=O.CO. The number of esters is 1. The first-order valence-electron chi connectivity index (χ1n) is 3.26. The Morgan fingerprint density at radius 3 is 1.58 bits per heavy atom. The summed E-state index contributed by atoms with van der Waals surface area (Å²) < 4.78 is 4.40. The molecule has 12 heavy (non-hydrogen) atoms. The molecule has 0 aliphatic heterocycles. The van der Waals surface area contributed by atoms with Crippen molar-refractivity contribution in [3.05, 3.63) is 0 Å². The molecule has 74 valence electrons. The van der Waals surface area contributed by atoms with E-state index in [1.54, 1.807) is 6.92 Å². The van der Waals surface area contributed by atoms with Crippen molar-refractivity contribution in [3.63, 3.8) is 0 Å². The van der Waals surface area contributed by atoms with Gasteiger partial charge in [0.05, 0.1) is 6.61 Å². The molecule has 0 radical (unpaired) electrons. The molecule has 0 atom stereocenters. The monoisotopic (exact) mass is 179 g/mol. The van der Waals surface area contributed by atoms with Crippen LogP contribution in [0.4, 0.5) is 0 Å². The van der Waals surface area contributed by atoms with Gasteiger partial charge in [-0.2, -0.15) is 0 Å². The Balaban J connectivity index is -0.000000118. The van der Waals surface area contributed by atoms with Gasteiger partial charge in [0.2, 0.25) is 0 Å². The number of carboxylic acids is 1. The summed E-state index contributed by atoms with van der Waals surface area (Å²) in [5.74, 6) is -1.29. The highest BCUT2D eigenvalue weighted by atomic mass is 16.5. The van der Waals surface area contributed by atoms with Crippen LogP contribution in [0.1, 0.15) is 20.8 Å². The van der Waals surface area contributed by atoms with Gasteiger partial charge in [0.15, 0.2) is 0 Å². The Hall–Kier alpha value is -1.10. The zero-order valence-corrected chi connectivity index (χ0v) is 7.79. The van der Waals surface area contributed by atoms with Crippen molar-refractivity contribution in [2.24, 2.45) is 0 Å². The number of aliphatic hydroxyl groups excluding tert-OH is 1. The average Bonchev–Trinajstić information content (AvgIpc) is 1.90. The van der Waals surface area contributed by atoms with Gasteiger partial charge in [-0.15, -0.1) is 0 Å². The quantitative estimate of drug-likeness (QED) is 0.518. The molecule has 5 nitrogen and oxygen atoms in total. The molecule has 0 aromatic heterocycles. The summed E-state index contributed by atoms with van der Waals surface area (Å²) in [6.45, 7) is 4.63. The van der Waals surface area contributed by atoms with Gasteiger partial charge < -0.3 is 19.7 Å². The van der Waals surface area contributed by atoms with Gasteiger partial charge in [-0.05, 0) is 13.8 Å². The molecular formula is C7H15O5-. The standard InChI is InChI=1S/C4H8O2.C2H4O2.CH4O/c1-3-6-4(2)5;1-2(3)4;1-2/h3H2,1-2H3;1H3,(H,3,4);2H,1H3/p-1. The number of aliphatic carboxylic acids is 1. The Kier molecular flexibility index (Phi) is 23.5. The van der Waals surface area contributed by atoms with Crippen LogP contribution in [0.25, 0.3) is 0 Å². The third-order valence-corrected chi connectivity index (χ3v) is 0.348. The zero-order valence-electron chi connectivity index (χ0n) is 7.79. The molecule has 0 bridgehead atoms. The predicted octanol–water partition coefficient (Wildman–Crippen LogP) is -1.07. The maximum absolute atomic E-state index is 9.82. The molecule has 0 aromatic rings. The number of carbonyl (C=O) groups excluding carboxylic acids is 2. The lowest BCUT2D eigenvalue weighted by atomic mass is 10.8. The molecule has 0 aliphatic rings. The smallest absolute Gasteiger partial charge is 0.302 e. The summed E-state index contributed by atoms with van der Waals surface area (Å²) in [5, 5.41) is 15.9. The van der Waals surface area contributed by atoms with Gasteiger partial charge in [0.1, 0.15) is 0 Å². The Bertz CT molecular complexity index is 106. The van der Waals surface area contributed by atoms with Gasteiger partial charge in [-0.1, -0.05) is 0 Å². The van der Waals surface area contributed by atoms with E-state index in [2.05, 4.69) is 4.74 Å². The number of hydrogen-bond donors (Lipinski definition) is 1. The molecule has 0 spiro atoms. The highest BCUT2D eigenvalue weighted by Gasteiger charge is 1.81. The van der Waals surface area contributed by atoms with Crippen LogP contribution in [0.3, 0.4) is 0 Å². The molecule has 0 amide bonds. The number of carbonyl (C=O) groups is 2. The lowest BCUT2D eigenvalue weighted by Gasteiger charge is -1.89. The van der Waals surface area contributed by atoms with E-state index in [1.165, 1.54) is 6.92 Å². The molecule has 0 rings (SSSR count). The molecule has 0 aromatic carbocycles. The van der Waals surface area contributed by atoms with Crippen LogP contribution >= 0.6 is 0 Å². The van der Waals surface area contributed by atoms with E-state index in [0.29, 0.717) is 6.61 Å². The minimum absolute atomic E-state index is 0.211. The predicted molar refractivity (Wildman–Crippen MR) is 41.1 cm³/mol. The fraction of sp³-hybridized carbons (Fsp3) is 0.714. The van der Waals surface area contributed by atoms with Gasteiger partial charge in [-0.3, -0.25) is 4.79 Å². The summed E-state index contributed by atoms with van der Waals surface area (Å²) in [4.78, 5) is 18.7. The lowest BCUT2D eigenvalue weighted by Crippen LogP contribution is -2.16. The molecule has 0 fully saturated rings. The average molecular weight is 179 g/mol. The van der Waals surface area contributed by atoms with Crippen molar-refractivity contribution in [1.82, 2.24) is 0 Å². The van der Waals surface area contributed by atoms with Crippen LogP contribution < -0.4 is 5.11 Å². The maximum atomic E-state index is 9.82. The van der Waals surface area contributed by atoms with Crippen molar-refractivity contribution < 1.29 is 24.5 Å². The second-order valence-electron chi connectivity index (χ2n) is 1.42. The zero-order chi connectivity index (χ0) is 10.6. The number of rotatable bonds is 1. The summed E-state index contributed by atoms with van der Waals surface area (Å²) in [6, 6.07) is 0. The molecule has 0 aliphatic carbocycles. The first-order chi connectivity index (χ1) is 5.50. The largest absolute Gasteiger partial charge is 0.550 e. The van der Waals surface area contributed by atoms with Gasteiger partial charge in [0.25, 0.3) is 0 Å². The molecule has 1 N–H and O–H groups in total. The van der Waals surface area contributed by atoms with E-state index < -0.39 is 5.97 Å². The third kappa shape index (κ3) is 154. The van der Waals surface area contributed by atoms with Crippen LogP contribution in [0, 0.1) is 0 Å². The number of aliphatic hydroxyl groups is 1. The van der Waals surface area contributed by atoms with Gasteiger partial charge in [0, 0.05) is 20.0 Å². The first kappa shape index (κ1) is 17.1. The van der Waals surface area contributed by atoms with E-state index in [-0.39, 0.29) is 5.97 Å². The fourth-order valence-corrected chi connectivity index (χ4v) is 0.203. The molecule has 5 heteroatoms. The number of ether oxygens (including phenoxy) is 1. The normalized spacial score (nSPS) is 6.42. The van der Waals surface area contributed by atoms with E-state index >= 15 is 0 Å². The Morgan fingerprint density at radius 2 is 1.58 bits per heavy atom. The maximum Gasteiger partial charge on any atom is 0.302 e. The highest BCUT2D eigenvalue weighted by molar-refractivity contribution is 5.65. The van der Waals surface area contributed by atoms with Crippen LogP contribution in [0.2, 0.25) is 0 Å². The molecular weight excluding hydrogens is 164 g/mol. The summed E-state index contributed by atoms with van der Waals surface area (Å²) >= 11 is 0. The fourth-order valence-electron chi connectivity index (χ4n) is 0.203. The van der Waals surface area contributed by atoms with Crippen molar-refractivity contribution in [2.45, 2.75) is 20.8 Å². The van der Waals surface area contributed by atoms with Crippen LogP contribution in [0.15, 0.2) is 0 Å². The first-order valence-corrected chi connectivity index (χ1v) is 3.26. The minimum atomic E-state index is -1.08. The lowest BCUT2D eigenvalue weighted by molar-refractivity contribution is -0.302. The van der Waals surface area contributed by atoms with Crippen LogP contribution in [0.5, 0.6) is 0 Å². The Morgan fingerprint density at radius 1 is 1.33 bits per heavy atom. The van der Waals surface area contributed by atoms with Gasteiger partial charge >= 0.3 is 5.97 Å². The molecule has 0 saturated carbocycles. The highest BCUT2D eigenvalue weighted by Crippen LogP contribution is 1.69. The second-order valence-corrected chi connectivity index (χ2v) is 1.42. The third-order valence-electron chi connectivity index (χ3n) is 0.348. The second kappa shape index (κ2) is 16.5. The summed E-state index contributed by atoms with van der Waals surface area (Å²) in [5.41, 5.74) is 0. The van der Waals surface area contributed by atoms with E-state index in [1.807, 2.05) is 0 Å². The van der Waals surface area contributed by atoms with Crippen LogP contribution in [-0.2, 0) is 14.3 Å². The summed E-state index contributed by atoms with van der Waals surface area (Å²) in [6.07, 6.45) is 0. The molecule has 0 saturated heterocycles. The molecule has 0 heterocycles. The minimum Gasteiger partial charge on any atom is -0.550 e. The molecule has 0 unspecified atom stereocenters. The summed E-state index contributed by atoms with van der Waals surface area (Å²) in [7, 11) is 1.00. The van der Waals surface area contributed by atoms with E-state index in [9.17, 15) is 4.79 Å². The van der Waals surface area contributed by atoms with Crippen molar-refractivity contribution in [2.75, 3.05) is 13.7 Å².